The highest BCUT2D eigenvalue weighted by molar-refractivity contribution is 7.92. The quantitative estimate of drug-likeness (QED) is 0.622. The summed E-state index contributed by atoms with van der Waals surface area (Å²) in [5, 5.41) is 3.23. The first-order chi connectivity index (χ1) is 13.8. The van der Waals surface area contributed by atoms with Gasteiger partial charge in [-0.05, 0) is 36.4 Å². The molecule has 1 aromatic heterocycles. The van der Waals surface area contributed by atoms with Gasteiger partial charge in [-0.1, -0.05) is 23.7 Å². The number of benzene rings is 2. The largest absolute Gasteiger partial charge is 0.352 e. The monoisotopic (exact) mass is 432 g/mol. The van der Waals surface area contributed by atoms with Gasteiger partial charge in [-0.25, -0.2) is 13.4 Å². The van der Waals surface area contributed by atoms with E-state index < -0.39 is 10.0 Å². The zero-order chi connectivity index (χ0) is 21.0. The van der Waals surface area contributed by atoms with E-state index in [0.29, 0.717) is 23.7 Å². The highest BCUT2D eigenvalue weighted by atomic mass is 35.5. The molecule has 3 rings (SSSR count). The lowest BCUT2D eigenvalue weighted by Gasteiger charge is -2.20. The van der Waals surface area contributed by atoms with Crippen LogP contribution in [0.3, 0.4) is 0 Å². The summed E-state index contributed by atoms with van der Waals surface area (Å²) < 4.78 is 28.9. The highest BCUT2D eigenvalue weighted by Crippen LogP contribution is 2.25. The number of imidazole rings is 1. The summed E-state index contributed by atoms with van der Waals surface area (Å²) in [7, 11) is -0.516. The molecule has 0 saturated carbocycles. The van der Waals surface area contributed by atoms with Crippen molar-refractivity contribution in [3.05, 3.63) is 77.3 Å². The second-order valence-electron chi connectivity index (χ2n) is 6.44. The summed E-state index contributed by atoms with van der Waals surface area (Å²) in [6.45, 7) is 0.392. The molecule has 29 heavy (non-hydrogen) atoms. The van der Waals surface area contributed by atoms with E-state index in [1.54, 1.807) is 42.6 Å². The number of hydrogen-bond acceptors (Lipinski definition) is 4. The first-order valence-electron chi connectivity index (χ1n) is 8.88. The van der Waals surface area contributed by atoms with Gasteiger partial charge in [0.05, 0.1) is 10.6 Å². The van der Waals surface area contributed by atoms with Crippen LogP contribution in [0.2, 0.25) is 5.02 Å². The van der Waals surface area contributed by atoms with Gasteiger partial charge in [-0.2, -0.15) is 0 Å². The van der Waals surface area contributed by atoms with Gasteiger partial charge < -0.3 is 9.88 Å². The first-order valence-corrected chi connectivity index (χ1v) is 10.7. The van der Waals surface area contributed by atoms with Crippen LogP contribution in [0.15, 0.2) is 65.8 Å². The fourth-order valence-corrected chi connectivity index (χ4v) is 4.21. The lowest BCUT2D eigenvalue weighted by atomic mass is 10.2. The summed E-state index contributed by atoms with van der Waals surface area (Å²) in [4.78, 5) is 16.7. The molecular weight excluding hydrogens is 412 g/mol. The Bertz CT molecular complexity index is 1130. The number of nitrogens with one attached hydrogen (secondary N) is 1. The van der Waals surface area contributed by atoms with Crippen molar-refractivity contribution >= 4 is 33.2 Å². The molecule has 0 aliphatic heterocycles. The van der Waals surface area contributed by atoms with Crippen molar-refractivity contribution in [1.29, 1.82) is 0 Å². The second-order valence-corrected chi connectivity index (χ2v) is 8.85. The Morgan fingerprint density at radius 1 is 1.21 bits per heavy atom. The van der Waals surface area contributed by atoms with Gasteiger partial charge in [0.2, 0.25) is 0 Å². The molecular formula is C20H21ClN4O3S. The number of aryl methyl sites for hydroxylation is 1. The number of hydrogen-bond donors (Lipinski definition) is 1. The molecule has 0 atom stereocenters. The van der Waals surface area contributed by atoms with Crippen molar-refractivity contribution in [3.63, 3.8) is 0 Å². The molecule has 2 aromatic carbocycles. The smallest absolute Gasteiger partial charge is 0.264 e. The minimum atomic E-state index is -3.85. The Hall–Kier alpha value is -2.84. The van der Waals surface area contributed by atoms with Gasteiger partial charge in [-0.3, -0.25) is 9.10 Å². The van der Waals surface area contributed by atoms with E-state index in [9.17, 15) is 13.2 Å². The minimum Gasteiger partial charge on any atom is -0.352 e. The van der Waals surface area contributed by atoms with E-state index in [4.69, 9.17) is 11.6 Å². The Morgan fingerprint density at radius 3 is 2.66 bits per heavy atom. The number of carbonyl (C=O) groups is 1. The van der Waals surface area contributed by atoms with Gasteiger partial charge >= 0.3 is 0 Å². The van der Waals surface area contributed by atoms with Crippen molar-refractivity contribution in [2.24, 2.45) is 7.05 Å². The normalized spacial score (nSPS) is 11.3. The van der Waals surface area contributed by atoms with Gasteiger partial charge in [0, 0.05) is 50.0 Å². The third kappa shape index (κ3) is 4.78. The molecule has 0 spiro atoms. The van der Waals surface area contributed by atoms with Crippen LogP contribution in [-0.2, 0) is 23.5 Å². The van der Waals surface area contributed by atoms with E-state index in [1.165, 1.54) is 19.2 Å². The number of carbonyl (C=O) groups excluding carboxylic acids is 1. The summed E-state index contributed by atoms with van der Waals surface area (Å²) in [6.07, 6.45) is 4.11. The van der Waals surface area contributed by atoms with Gasteiger partial charge in [0.1, 0.15) is 5.82 Å². The van der Waals surface area contributed by atoms with Crippen molar-refractivity contribution in [2.45, 2.75) is 11.3 Å². The minimum absolute atomic E-state index is 0.0247. The fourth-order valence-electron chi connectivity index (χ4n) is 2.79. The number of sulfonamides is 1. The predicted molar refractivity (Wildman–Crippen MR) is 113 cm³/mol. The average Bonchev–Trinajstić information content (AvgIpc) is 3.12. The second kappa shape index (κ2) is 8.67. The van der Waals surface area contributed by atoms with E-state index in [-0.39, 0.29) is 16.4 Å². The summed E-state index contributed by atoms with van der Waals surface area (Å²) >= 11 is 5.97. The van der Waals surface area contributed by atoms with E-state index in [1.807, 2.05) is 17.8 Å². The molecule has 7 nitrogen and oxygen atoms in total. The zero-order valence-corrected chi connectivity index (χ0v) is 17.6. The number of rotatable bonds is 7. The lowest BCUT2D eigenvalue weighted by Crippen LogP contribution is -2.28. The van der Waals surface area contributed by atoms with Crippen LogP contribution in [0, 0.1) is 0 Å². The number of amides is 1. The van der Waals surface area contributed by atoms with Crippen LogP contribution in [0.4, 0.5) is 5.69 Å². The maximum atomic E-state index is 13.0. The van der Waals surface area contributed by atoms with Crippen molar-refractivity contribution in [1.82, 2.24) is 14.9 Å². The Morgan fingerprint density at radius 2 is 1.97 bits per heavy atom. The predicted octanol–water partition coefficient (Wildman–Crippen LogP) is 2.87. The standard InChI is InChI=1S/C20H21ClN4O3S/c1-24-12-11-22-19(24)9-10-23-20(26)15-5-3-8-18(13-15)29(27,28)25(2)17-7-4-6-16(21)14-17/h3-8,11-14H,9-10H2,1-2H3,(H,23,26). The van der Waals surface area contributed by atoms with Gasteiger partial charge in [0.15, 0.2) is 0 Å². The third-order valence-corrected chi connectivity index (χ3v) is 6.50. The van der Waals surface area contributed by atoms with Crippen molar-refractivity contribution in [3.8, 4) is 0 Å². The zero-order valence-electron chi connectivity index (χ0n) is 16.0. The Labute approximate surface area is 175 Å². The SMILES string of the molecule is CN(c1cccc(Cl)c1)S(=O)(=O)c1cccc(C(=O)NCCc2nccn2C)c1. The number of anilines is 1. The van der Waals surface area contributed by atoms with Crippen LogP contribution >= 0.6 is 11.6 Å². The first kappa shape index (κ1) is 20.9. The molecule has 0 fully saturated rings. The molecule has 152 valence electrons. The summed E-state index contributed by atoms with van der Waals surface area (Å²) in [5.41, 5.74) is 0.702. The topological polar surface area (TPSA) is 84.3 Å². The average molecular weight is 433 g/mol. The van der Waals surface area contributed by atoms with Crippen molar-refractivity contribution in [2.75, 3.05) is 17.9 Å². The third-order valence-electron chi connectivity index (χ3n) is 4.48. The summed E-state index contributed by atoms with van der Waals surface area (Å²) in [5.74, 6) is 0.506. The van der Waals surface area contributed by atoms with Crippen LogP contribution in [0.1, 0.15) is 16.2 Å². The van der Waals surface area contributed by atoms with Crippen LogP contribution < -0.4 is 9.62 Å². The van der Waals surface area contributed by atoms with E-state index >= 15 is 0 Å². The molecule has 0 aliphatic rings. The van der Waals surface area contributed by atoms with Crippen molar-refractivity contribution < 1.29 is 13.2 Å². The van der Waals surface area contributed by atoms with Crippen LogP contribution in [0.25, 0.3) is 0 Å². The lowest BCUT2D eigenvalue weighted by molar-refractivity contribution is 0.0953. The molecule has 1 amide bonds. The molecule has 0 bridgehead atoms. The van der Waals surface area contributed by atoms with Gasteiger partial charge in [0.25, 0.3) is 15.9 Å². The molecule has 0 saturated heterocycles. The highest BCUT2D eigenvalue weighted by Gasteiger charge is 2.22. The maximum Gasteiger partial charge on any atom is 0.264 e. The van der Waals surface area contributed by atoms with E-state index in [2.05, 4.69) is 10.3 Å². The number of aromatic nitrogens is 2. The maximum absolute atomic E-state index is 13.0. The van der Waals surface area contributed by atoms with Gasteiger partial charge in [-0.15, -0.1) is 0 Å². The molecule has 1 N–H and O–H groups in total. The molecule has 0 radical (unpaired) electrons. The molecule has 9 heteroatoms. The molecule has 0 aliphatic carbocycles. The Kier molecular flexibility index (Phi) is 6.24. The fraction of sp³-hybridized carbons (Fsp3) is 0.200. The molecule has 0 unspecified atom stereocenters. The van der Waals surface area contributed by atoms with Crippen LogP contribution in [-0.4, -0.2) is 37.5 Å². The molecule has 3 aromatic rings. The molecule has 1 heterocycles. The Balaban J connectivity index is 1.74. The summed E-state index contributed by atoms with van der Waals surface area (Å²) in [6, 6.07) is 12.5. The van der Waals surface area contributed by atoms with E-state index in [0.717, 1.165) is 10.1 Å². The number of halogens is 1. The van der Waals surface area contributed by atoms with Crippen LogP contribution in [0.5, 0.6) is 0 Å². The number of nitrogens with zero attached hydrogens (tertiary/aromatic N) is 3.